The van der Waals surface area contributed by atoms with Crippen LogP contribution in [0.5, 0.6) is 11.5 Å². The Hall–Kier alpha value is -4.39. The van der Waals surface area contributed by atoms with Crippen molar-refractivity contribution in [3.63, 3.8) is 0 Å². The van der Waals surface area contributed by atoms with Crippen molar-refractivity contribution < 1.29 is 46.6 Å². The first kappa shape index (κ1) is 33.5. The van der Waals surface area contributed by atoms with Gasteiger partial charge < -0.3 is 34.2 Å². The van der Waals surface area contributed by atoms with Crippen molar-refractivity contribution in [1.82, 2.24) is 4.98 Å². The maximum Gasteiger partial charge on any atom is 0.430 e. The average molecular weight is 634 g/mol. The van der Waals surface area contributed by atoms with Crippen molar-refractivity contribution in [3.8, 4) is 22.6 Å². The molecule has 0 aliphatic carbocycles. The Kier molecular flexibility index (Phi) is 10.5. The van der Waals surface area contributed by atoms with Gasteiger partial charge in [0.2, 0.25) is 5.91 Å². The third-order valence-corrected chi connectivity index (χ3v) is 7.97. The zero-order valence-electron chi connectivity index (χ0n) is 25.0. The maximum absolute atomic E-state index is 13.6. The summed E-state index contributed by atoms with van der Waals surface area (Å²) in [5.74, 6) is -1.79. The van der Waals surface area contributed by atoms with Crippen LogP contribution in [0.4, 0.5) is 23.2 Å². The standard InChI is InChI=1S/C30H34FN3O4.C2HF3O2/c1-3-37-25-16-21(17-26(38-4-2)28(25)22-7-9-23(31)10-8-22)19-33-14-11-30(12-15-33)18-27(35)34(20-30)24-6-5-13-32-29(24)36;3-2(4,5)1(6)7/h5-10,13,16-17H,3-4,11-12,14-15,18-20H2,1-2H3,(H,32,36);(H,6,7). The van der Waals surface area contributed by atoms with E-state index in [9.17, 15) is 27.2 Å². The average Bonchev–Trinajstić information content (AvgIpc) is 3.30. The number of nitrogens with zero attached hydrogens (tertiary/aromatic N) is 1. The number of carboxylic acids is 1. The maximum atomic E-state index is 13.6. The van der Waals surface area contributed by atoms with Gasteiger partial charge in [-0.25, -0.2) is 4.39 Å². The van der Waals surface area contributed by atoms with Crippen LogP contribution < -0.4 is 29.9 Å². The van der Waals surface area contributed by atoms with Gasteiger partial charge in [0.25, 0.3) is 5.56 Å². The molecule has 0 radical (unpaired) electrons. The highest BCUT2D eigenvalue weighted by atomic mass is 19.4. The predicted molar refractivity (Wildman–Crippen MR) is 155 cm³/mol. The summed E-state index contributed by atoms with van der Waals surface area (Å²) in [6.45, 7) is 8.23. The molecule has 242 valence electrons. The van der Waals surface area contributed by atoms with Crippen molar-refractivity contribution in [3.05, 3.63) is 76.5 Å². The number of hydrogen-bond donors (Lipinski definition) is 2. The quantitative estimate of drug-likeness (QED) is 0.369. The number of anilines is 1. The topological polar surface area (TPSA) is 116 Å². The highest BCUT2D eigenvalue weighted by Gasteiger charge is 2.47. The molecule has 45 heavy (non-hydrogen) atoms. The van der Waals surface area contributed by atoms with Crippen LogP contribution in [-0.4, -0.2) is 55.9 Å². The predicted octanol–water partition coefficient (Wildman–Crippen LogP) is 2.88. The molecule has 3 aromatic rings. The van der Waals surface area contributed by atoms with E-state index in [2.05, 4.69) is 17.1 Å². The lowest BCUT2D eigenvalue weighted by Crippen LogP contribution is -3.12. The molecule has 5 rings (SSSR count). The van der Waals surface area contributed by atoms with Crippen LogP contribution in [0.15, 0.2) is 59.5 Å². The lowest BCUT2D eigenvalue weighted by atomic mass is 9.77. The monoisotopic (exact) mass is 633 g/mol. The van der Waals surface area contributed by atoms with E-state index in [1.807, 2.05) is 13.8 Å². The number of H-pyrrole nitrogens is 1. The molecular weight excluding hydrogens is 598 g/mol. The van der Waals surface area contributed by atoms with E-state index in [0.29, 0.717) is 31.9 Å². The van der Waals surface area contributed by atoms with Crippen molar-refractivity contribution >= 4 is 17.6 Å². The minimum atomic E-state index is -5.19. The number of amides is 1. The molecule has 3 heterocycles. The Balaban J connectivity index is 0.000000591. The summed E-state index contributed by atoms with van der Waals surface area (Å²) in [7, 11) is 0. The molecule has 0 atom stereocenters. The molecule has 1 amide bonds. The first-order valence-electron chi connectivity index (χ1n) is 14.6. The van der Waals surface area contributed by atoms with Crippen LogP contribution >= 0.6 is 0 Å². The number of ether oxygens (including phenoxy) is 2. The molecule has 2 aromatic carbocycles. The van der Waals surface area contributed by atoms with Gasteiger partial charge in [-0.15, -0.1) is 0 Å². The van der Waals surface area contributed by atoms with Crippen molar-refractivity contribution in [2.24, 2.45) is 5.41 Å². The van der Waals surface area contributed by atoms with E-state index < -0.39 is 12.1 Å². The van der Waals surface area contributed by atoms with Crippen LogP contribution in [0.3, 0.4) is 0 Å². The number of carboxylic acid groups (broad SMARTS) is 1. The fraction of sp³-hybridized carbons (Fsp3) is 0.406. The number of piperidine rings is 1. The number of nitrogens with one attached hydrogen (secondary N) is 2. The van der Waals surface area contributed by atoms with Crippen LogP contribution in [0.1, 0.15) is 38.7 Å². The van der Waals surface area contributed by atoms with Crippen molar-refractivity contribution in [1.29, 1.82) is 0 Å². The summed E-state index contributed by atoms with van der Waals surface area (Å²) in [4.78, 5) is 39.7. The largest absolute Gasteiger partial charge is 0.542 e. The van der Waals surface area contributed by atoms with Gasteiger partial charge in [0.05, 0.1) is 31.9 Å². The number of aliphatic carboxylic acids is 1. The Bertz CT molecular complexity index is 1520. The van der Waals surface area contributed by atoms with E-state index >= 15 is 0 Å². The number of likely N-dealkylation sites (tertiary alicyclic amines) is 1. The number of rotatable bonds is 8. The lowest BCUT2D eigenvalue weighted by Gasteiger charge is -2.36. The Morgan fingerprint density at radius 3 is 2.11 bits per heavy atom. The Morgan fingerprint density at radius 1 is 1.02 bits per heavy atom. The molecule has 0 saturated carbocycles. The number of quaternary nitrogens is 1. The van der Waals surface area contributed by atoms with E-state index in [1.54, 1.807) is 35.4 Å². The van der Waals surface area contributed by atoms with E-state index in [-0.39, 0.29) is 22.7 Å². The Morgan fingerprint density at radius 2 is 1.60 bits per heavy atom. The third-order valence-electron chi connectivity index (χ3n) is 7.97. The third kappa shape index (κ3) is 8.21. The second-order valence-corrected chi connectivity index (χ2v) is 11.1. The Labute approximate surface area is 257 Å². The molecule has 1 aromatic heterocycles. The van der Waals surface area contributed by atoms with Gasteiger partial charge in [-0.1, -0.05) is 12.1 Å². The molecule has 2 aliphatic heterocycles. The molecule has 9 nitrogen and oxygen atoms in total. The number of aromatic nitrogens is 1. The number of carbonyl (C=O) groups is 2. The summed E-state index contributed by atoms with van der Waals surface area (Å²) in [5.41, 5.74) is 2.95. The summed E-state index contributed by atoms with van der Waals surface area (Å²) < 4.78 is 57.2. The first-order chi connectivity index (χ1) is 21.4. The van der Waals surface area contributed by atoms with Crippen LogP contribution in [0, 0.1) is 11.2 Å². The van der Waals surface area contributed by atoms with Gasteiger partial charge in [-0.3, -0.25) is 9.59 Å². The van der Waals surface area contributed by atoms with Crippen LogP contribution in [0.2, 0.25) is 0 Å². The minimum absolute atomic E-state index is 0.0317. The second-order valence-electron chi connectivity index (χ2n) is 11.1. The number of carbonyl (C=O) groups excluding carboxylic acids is 2. The van der Waals surface area contributed by atoms with E-state index in [0.717, 1.165) is 60.7 Å². The molecule has 2 fully saturated rings. The zero-order valence-corrected chi connectivity index (χ0v) is 25.0. The smallest absolute Gasteiger partial charge is 0.430 e. The molecule has 2 N–H and O–H groups in total. The first-order valence-corrected chi connectivity index (χ1v) is 14.6. The van der Waals surface area contributed by atoms with Crippen LogP contribution in [0.25, 0.3) is 11.1 Å². The summed E-state index contributed by atoms with van der Waals surface area (Å²) in [6, 6.07) is 14.0. The number of hydrogen-bond acceptors (Lipinski definition) is 6. The van der Waals surface area contributed by atoms with Gasteiger partial charge >= 0.3 is 6.18 Å². The van der Waals surface area contributed by atoms with Gasteiger partial charge in [0, 0.05) is 43.0 Å². The van der Waals surface area contributed by atoms with Gasteiger partial charge in [0.15, 0.2) is 0 Å². The highest BCUT2D eigenvalue weighted by Crippen LogP contribution is 2.41. The van der Waals surface area contributed by atoms with Crippen molar-refractivity contribution in [2.45, 2.75) is 45.8 Å². The number of alkyl halides is 3. The SMILES string of the molecule is CCOc1cc(C[NH+]2CCC3(CC2)CC(=O)N(c2ccc[nH]c2=O)C3)cc(OCC)c1-c1ccc(F)cc1.O=C([O-])C(F)(F)F. The van der Waals surface area contributed by atoms with Gasteiger partial charge in [-0.05, 0) is 55.8 Å². The number of pyridine rings is 1. The highest BCUT2D eigenvalue weighted by molar-refractivity contribution is 5.96. The van der Waals surface area contributed by atoms with E-state index in [4.69, 9.17) is 19.4 Å². The molecule has 2 aliphatic rings. The fourth-order valence-corrected chi connectivity index (χ4v) is 5.86. The molecule has 0 unspecified atom stereocenters. The summed E-state index contributed by atoms with van der Waals surface area (Å²) in [5, 5.41) is 8.78. The van der Waals surface area contributed by atoms with Crippen molar-refractivity contribution in [2.75, 3.05) is 37.7 Å². The number of benzene rings is 2. The fourth-order valence-electron chi connectivity index (χ4n) is 5.86. The second kappa shape index (κ2) is 14.1. The lowest BCUT2D eigenvalue weighted by molar-refractivity contribution is -0.921. The van der Waals surface area contributed by atoms with Gasteiger partial charge in [0.1, 0.15) is 35.5 Å². The number of halogens is 4. The molecule has 2 saturated heterocycles. The normalized spacial score (nSPS) is 19.6. The molecular formula is C32H35F4N3O6. The number of aromatic amines is 1. The zero-order chi connectivity index (χ0) is 32.8. The molecule has 0 bridgehead atoms. The molecule has 1 spiro atoms. The van der Waals surface area contributed by atoms with Gasteiger partial charge in [-0.2, -0.15) is 13.2 Å². The van der Waals surface area contributed by atoms with E-state index in [1.165, 1.54) is 17.0 Å². The van der Waals surface area contributed by atoms with Crippen LogP contribution in [-0.2, 0) is 16.1 Å². The minimum Gasteiger partial charge on any atom is -0.542 e. The summed E-state index contributed by atoms with van der Waals surface area (Å²) in [6.07, 6.45) is -1.26. The summed E-state index contributed by atoms with van der Waals surface area (Å²) >= 11 is 0. The molecule has 13 heteroatoms.